The van der Waals surface area contributed by atoms with E-state index in [1.165, 1.54) is 36.3 Å². The number of amides is 3. The van der Waals surface area contributed by atoms with Crippen molar-refractivity contribution in [3.8, 4) is 11.8 Å². The zero-order valence-corrected chi connectivity index (χ0v) is 21.4. The van der Waals surface area contributed by atoms with Gasteiger partial charge in [-0.25, -0.2) is 5.48 Å². The number of nitrogens with zero attached hydrogens (tertiary/aromatic N) is 2. The number of benzene rings is 3. The third kappa shape index (κ3) is 6.27. The lowest BCUT2D eigenvalue weighted by Gasteiger charge is -2.28. The van der Waals surface area contributed by atoms with Gasteiger partial charge in [-0.2, -0.15) is 0 Å². The second-order valence-electron chi connectivity index (χ2n) is 9.16. The Morgan fingerprint density at radius 1 is 0.921 bits per heavy atom. The second kappa shape index (κ2) is 12.2. The van der Waals surface area contributed by atoms with Crippen LogP contribution in [0.15, 0.2) is 72.8 Å². The highest BCUT2D eigenvalue weighted by atomic mass is 16.5. The first-order chi connectivity index (χ1) is 18.4. The van der Waals surface area contributed by atoms with Crippen molar-refractivity contribution in [3.05, 3.63) is 106 Å². The Morgan fingerprint density at radius 3 is 2.13 bits per heavy atom. The minimum atomic E-state index is -1.51. The number of nitrogens with one attached hydrogen (secondary N) is 2. The van der Waals surface area contributed by atoms with Crippen LogP contribution in [0.1, 0.15) is 38.2 Å². The van der Waals surface area contributed by atoms with Gasteiger partial charge >= 0.3 is 0 Å². The minimum absolute atomic E-state index is 0.280. The Labute approximate surface area is 222 Å². The van der Waals surface area contributed by atoms with E-state index in [2.05, 4.69) is 58.5 Å². The van der Waals surface area contributed by atoms with Crippen molar-refractivity contribution < 1.29 is 19.6 Å². The Morgan fingerprint density at radius 2 is 1.53 bits per heavy atom. The molecular weight excluding hydrogens is 480 g/mol. The highest BCUT2D eigenvalue weighted by molar-refractivity contribution is 6.08. The zero-order chi connectivity index (χ0) is 27.1. The van der Waals surface area contributed by atoms with E-state index in [1.54, 1.807) is 24.3 Å². The van der Waals surface area contributed by atoms with E-state index < -0.39 is 23.8 Å². The molecule has 0 radical (unpaired) electrons. The summed E-state index contributed by atoms with van der Waals surface area (Å²) in [5.74, 6) is 3.97. The molecular formula is C30H30N4O4. The smallest absolute Gasteiger partial charge is 0.275 e. The molecule has 38 heavy (non-hydrogen) atoms. The highest BCUT2D eigenvalue weighted by Crippen LogP contribution is 2.20. The summed E-state index contributed by atoms with van der Waals surface area (Å²) in [6.45, 7) is 2.91. The zero-order valence-electron chi connectivity index (χ0n) is 21.4. The molecule has 0 saturated heterocycles. The van der Waals surface area contributed by atoms with Crippen LogP contribution in [0.25, 0.3) is 0 Å². The van der Waals surface area contributed by atoms with Gasteiger partial charge < -0.3 is 10.2 Å². The van der Waals surface area contributed by atoms with Crippen LogP contribution in [0.2, 0.25) is 0 Å². The molecule has 3 amide bonds. The summed E-state index contributed by atoms with van der Waals surface area (Å²) in [6, 6.07) is 21.9. The van der Waals surface area contributed by atoms with Crippen molar-refractivity contribution in [2.75, 3.05) is 20.6 Å². The number of fused-ring (bicyclic) bond motifs is 1. The number of hydroxylamine groups is 1. The van der Waals surface area contributed by atoms with Crippen molar-refractivity contribution >= 4 is 17.7 Å². The SMILES string of the molecule is CNC(=O)C(C(=O)NO)N(C)C(=O)c1ccc(C#Cc2ccc(CN3CCc4ccccc4C3)cc2)cc1. The molecule has 0 bridgehead atoms. The van der Waals surface area contributed by atoms with Crippen LogP contribution in [-0.2, 0) is 29.1 Å². The van der Waals surface area contributed by atoms with E-state index in [-0.39, 0.29) is 5.56 Å². The predicted octanol–water partition coefficient (Wildman–Crippen LogP) is 2.34. The van der Waals surface area contributed by atoms with Crippen LogP contribution in [0, 0.1) is 11.8 Å². The number of hydrogen-bond acceptors (Lipinski definition) is 5. The monoisotopic (exact) mass is 510 g/mol. The maximum absolute atomic E-state index is 12.8. The summed E-state index contributed by atoms with van der Waals surface area (Å²) in [4.78, 5) is 40.1. The summed E-state index contributed by atoms with van der Waals surface area (Å²) in [6.07, 6.45) is 1.08. The molecule has 3 aromatic rings. The highest BCUT2D eigenvalue weighted by Gasteiger charge is 2.33. The van der Waals surface area contributed by atoms with Crippen molar-refractivity contribution in [2.24, 2.45) is 0 Å². The summed E-state index contributed by atoms with van der Waals surface area (Å²) in [5, 5.41) is 11.2. The molecule has 3 aromatic carbocycles. The van der Waals surface area contributed by atoms with Crippen LogP contribution in [0.5, 0.6) is 0 Å². The summed E-state index contributed by atoms with van der Waals surface area (Å²) in [7, 11) is 2.66. The van der Waals surface area contributed by atoms with Crippen molar-refractivity contribution in [1.29, 1.82) is 0 Å². The van der Waals surface area contributed by atoms with Crippen LogP contribution in [0.4, 0.5) is 0 Å². The molecule has 1 unspecified atom stereocenters. The third-order valence-electron chi connectivity index (χ3n) is 6.61. The minimum Gasteiger partial charge on any atom is -0.357 e. The number of rotatable bonds is 6. The molecule has 1 aliphatic heterocycles. The van der Waals surface area contributed by atoms with Crippen molar-refractivity contribution in [3.63, 3.8) is 0 Å². The summed E-state index contributed by atoms with van der Waals surface area (Å²) < 4.78 is 0. The fraction of sp³-hybridized carbons (Fsp3) is 0.233. The van der Waals surface area contributed by atoms with Gasteiger partial charge in [-0.3, -0.25) is 24.5 Å². The number of carbonyl (C=O) groups is 3. The largest absolute Gasteiger partial charge is 0.357 e. The van der Waals surface area contributed by atoms with E-state index in [9.17, 15) is 14.4 Å². The maximum atomic E-state index is 12.8. The van der Waals surface area contributed by atoms with Gasteiger partial charge in [0.1, 0.15) is 0 Å². The standard InChI is InChI=1S/C30H30N4O4/c1-31-28(35)27(29(36)32-38)33(2)30(37)25-15-13-22(14-16-25)8-7-21-9-11-23(12-10-21)19-34-18-17-24-5-3-4-6-26(24)20-34/h3-6,9-16,27,38H,17-20H2,1-2H3,(H,31,35)(H,32,36). The van der Waals surface area contributed by atoms with Gasteiger partial charge in [0, 0.05) is 50.4 Å². The average Bonchev–Trinajstić information content (AvgIpc) is 2.96. The predicted molar refractivity (Wildman–Crippen MR) is 143 cm³/mol. The van der Waals surface area contributed by atoms with Crippen molar-refractivity contribution in [2.45, 2.75) is 25.6 Å². The molecule has 0 saturated carbocycles. The average molecular weight is 511 g/mol. The van der Waals surface area contributed by atoms with Crippen molar-refractivity contribution in [1.82, 2.24) is 20.6 Å². The molecule has 1 aliphatic rings. The van der Waals surface area contributed by atoms with Crippen LogP contribution >= 0.6 is 0 Å². The number of hydrogen-bond donors (Lipinski definition) is 3. The van der Waals surface area contributed by atoms with Gasteiger partial charge in [0.25, 0.3) is 17.7 Å². The van der Waals surface area contributed by atoms with Gasteiger partial charge in [-0.05, 0) is 59.5 Å². The fourth-order valence-electron chi connectivity index (χ4n) is 4.47. The quantitative estimate of drug-likeness (QED) is 0.205. The number of likely N-dealkylation sites (N-methyl/N-ethyl adjacent to an activating group) is 2. The first kappa shape index (κ1) is 26.6. The molecule has 1 atom stereocenters. The van der Waals surface area contributed by atoms with Gasteiger partial charge in [-0.1, -0.05) is 48.2 Å². The lowest BCUT2D eigenvalue weighted by atomic mass is 9.99. The molecule has 4 rings (SSSR count). The second-order valence-corrected chi connectivity index (χ2v) is 9.16. The van der Waals surface area contributed by atoms with Gasteiger partial charge in [0.05, 0.1) is 0 Å². The van der Waals surface area contributed by atoms with Gasteiger partial charge in [0.15, 0.2) is 6.04 Å². The van der Waals surface area contributed by atoms with Crippen LogP contribution in [-0.4, -0.2) is 59.4 Å². The molecule has 3 N–H and O–H groups in total. The molecule has 0 spiro atoms. The van der Waals surface area contributed by atoms with Gasteiger partial charge in [0.2, 0.25) is 0 Å². The summed E-state index contributed by atoms with van der Waals surface area (Å²) >= 11 is 0. The van der Waals surface area contributed by atoms with E-state index in [0.717, 1.165) is 42.1 Å². The van der Waals surface area contributed by atoms with Crippen LogP contribution in [0.3, 0.4) is 0 Å². The molecule has 0 aliphatic carbocycles. The molecule has 194 valence electrons. The molecule has 0 fully saturated rings. The molecule has 8 heteroatoms. The van der Waals surface area contributed by atoms with Gasteiger partial charge in [-0.15, -0.1) is 0 Å². The number of carbonyl (C=O) groups excluding carboxylic acids is 3. The normalized spacial score (nSPS) is 13.3. The first-order valence-corrected chi connectivity index (χ1v) is 12.3. The van der Waals surface area contributed by atoms with E-state index in [4.69, 9.17) is 5.21 Å². The summed E-state index contributed by atoms with van der Waals surface area (Å²) in [5.41, 5.74) is 7.40. The Balaban J connectivity index is 1.37. The molecule has 0 aromatic heterocycles. The first-order valence-electron chi connectivity index (χ1n) is 12.3. The lowest BCUT2D eigenvalue weighted by molar-refractivity contribution is -0.140. The Hall–Kier alpha value is -4.45. The Kier molecular flexibility index (Phi) is 8.54. The third-order valence-corrected chi connectivity index (χ3v) is 6.61. The van der Waals surface area contributed by atoms with E-state index >= 15 is 0 Å². The van der Waals surface area contributed by atoms with E-state index in [0.29, 0.717) is 0 Å². The molecule has 8 nitrogen and oxygen atoms in total. The topological polar surface area (TPSA) is 102 Å². The van der Waals surface area contributed by atoms with Crippen LogP contribution < -0.4 is 10.8 Å². The maximum Gasteiger partial charge on any atom is 0.275 e. The Bertz CT molecular complexity index is 1360. The van der Waals surface area contributed by atoms with E-state index in [1.807, 2.05) is 12.1 Å². The molecule has 1 heterocycles. The fourth-order valence-corrected chi connectivity index (χ4v) is 4.47. The lowest BCUT2D eigenvalue weighted by Crippen LogP contribution is -2.54.